The second kappa shape index (κ2) is 5.95. The molecule has 2 heteroatoms. The third kappa shape index (κ3) is 3.39. The van der Waals surface area contributed by atoms with Crippen molar-refractivity contribution in [2.24, 2.45) is 5.92 Å². The molecule has 1 aliphatic carbocycles. The van der Waals surface area contributed by atoms with Crippen molar-refractivity contribution in [3.63, 3.8) is 0 Å². The average molecular weight is 233 g/mol. The smallest absolute Gasteiger partial charge is 0.120 e. The molecule has 2 N–H and O–H groups in total. The summed E-state index contributed by atoms with van der Waals surface area (Å²) in [5, 5.41) is 0. The predicted molar refractivity (Wildman–Crippen MR) is 72.3 cm³/mol. The van der Waals surface area contributed by atoms with Crippen LogP contribution in [0.3, 0.4) is 0 Å². The highest BCUT2D eigenvalue weighted by atomic mass is 16.5. The van der Waals surface area contributed by atoms with Crippen LogP contribution in [0.25, 0.3) is 0 Å². The molecule has 17 heavy (non-hydrogen) atoms. The van der Waals surface area contributed by atoms with Crippen molar-refractivity contribution in [3.8, 4) is 5.75 Å². The summed E-state index contributed by atoms with van der Waals surface area (Å²) < 4.78 is 5.18. The number of methoxy groups -OCH3 is 1. The monoisotopic (exact) mass is 233 g/mol. The minimum absolute atomic E-state index is 0.827. The molecule has 0 amide bonds. The van der Waals surface area contributed by atoms with Crippen LogP contribution in [0.1, 0.15) is 44.1 Å². The first kappa shape index (κ1) is 12.3. The van der Waals surface area contributed by atoms with E-state index in [1.165, 1.54) is 44.1 Å². The number of nitrogen functional groups attached to an aromatic ring is 1. The quantitative estimate of drug-likeness (QED) is 0.637. The van der Waals surface area contributed by atoms with Gasteiger partial charge >= 0.3 is 0 Å². The molecule has 1 aromatic rings. The molecule has 1 fully saturated rings. The van der Waals surface area contributed by atoms with E-state index in [2.05, 4.69) is 6.07 Å². The fraction of sp³-hybridized carbons (Fsp3) is 0.600. The Morgan fingerprint density at radius 3 is 2.47 bits per heavy atom. The summed E-state index contributed by atoms with van der Waals surface area (Å²) in [5.41, 5.74) is 8.25. The third-order valence-corrected chi connectivity index (χ3v) is 3.84. The zero-order chi connectivity index (χ0) is 12.1. The lowest BCUT2D eigenvalue weighted by atomic mass is 9.92. The maximum Gasteiger partial charge on any atom is 0.120 e. The van der Waals surface area contributed by atoms with Crippen LogP contribution >= 0.6 is 0 Å². The Hall–Kier alpha value is -1.18. The van der Waals surface area contributed by atoms with Crippen LogP contribution in [0, 0.1) is 5.92 Å². The van der Waals surface area contributed by atoms with Gasteiger partial charge < -0.3 is 10.5 Å². The molecule has 0 bridgehead atoms. The number of rotatable bonds is 3. The van der Waals surface area contributed by atoms with Crippen molar-refractivity contribution < 1.29 is 4.74 Å². The largest absolute Gasteiger partial charge is 0.497 e. The van der Waals surface area contributed by atoms with Gasteiger partial charge in [-0.1, -0.05) is 44.6 Å². The Kier molecular flexibility index (Phi) is 4.29. The molecule has 0 unspecified atom stereocenters. The maximum atomic E-state index is 6.07. The van der Waals surface area contributed by atoms with E-state index in [9.17, 15) is 0 Å². The van der Waals surface area contributed by atoms with E-state index < -0.39 is 0 Å². The Balaban J connectivity index is 2.01. The lowest BCUT2D eigenvalue weighted by Crippen LogP contribution is -2.05. The minimum atomic E-state index is 0.827. The Morgan fingerprint density at radius 2 is 1.88 bits per heavy atom. The number of anilines is 1. The molecule has 2 nitrogen and oxygen atoms in total. The van der Waals surface area contributed by atoms with Crippen molar-refractivity contribution in [2.45, 2.75) is 44.9 Å². The first-order valence-corrected chi connectivity index (χ1v) is 6.72. The SMILES string of the molecule is COc1ccc(CC2CCCCCC2)c(N)c1. The summed E-state index contributed by atoms with van der Waals surface area (Å²) in [6.07, 6.45) is 9.47. The van der Waals surface area contributed by atoms with Gasteiger partial charge in [0.2, 0.25) is 0 Å². The van der Waals surface area contributed by atoms with Crippen LogP contribution in [0.4, 0.5) is 5.69 Å². The lowest BCUT2D eigenvalue weighted by molar-refractivity contribution is 0.414. The van der Waals surface area contributed by atoms with Gasteiger partial charge in [0.15, 0.2) is 0 Å². The van der Waals surface area contributed by atoms with Crippen LogP contribution in [-0.4, -0.2) is 7.11 Å². The molecule has 0 aliphatic heterocycles. The molecule has 1 saturated carbocycles. The van der Waals surface area contributed by atoms with Crippen molar-refractivity contribution in [1.29, 1.82) is 0 Å². The van der Waals surface area contributed by atoms with Gasteiger partial charge in [0, 0.05) is 11.8 Å². The number of hydrogen-bond acceptors (Lipinski definition) is 2. The molecule has 1 aliphatic rings. The zero-order valence-electron chi connectivity index (χ0n) is 10.7. The topological polar surface area (TPSA) is 35.2 Å². The van der Waals surface area contributed by atoms with Crippen molar-refractivity contribution in [1.82, 2.24) is 0 Å². The third-order valence-electron chi connectivity index (χ3n) is 3.84. The molecule has 0 heterocycles. The van der Waals surface area contributed by atoms with Gasteiger partial charge in [-0.15, -0.1) is 0 Å². The van der Waals surface area contributed by atoms with E-state index in [4.69, 9.17) is 10.5 Å². The standard InChI is InChI=1S/C15H23NO/c1-17-14-9-8-13(15(16)11-14)10-12-6-4-2-3-5-7-12/h8-9,11-12H,2-7,10,16H2,1H3. The Morgan fingerprint density at radius 1 is 1.18 bits per heavy atom. The van der Waals surface area contributed by atoms with E-state index in [1.807, 2.05) is 12.1 Å². The van der Waals surface area contributed by atoms with E-state index in [-0.39, 0.29) is 0 Å². The van der Waals surface area contributed by atoms with Crippen LogP contribution in [-0.2, 0) is 6.42 Å². The van der Waals surface area contributed by atoms with E-state index >= 15 is 0 Å². The number of ether oxygens (including phenoxy) is 1. The summed E-state index contributed by atoms with van der Waals surface area (Å²) in [6.45, 7) is 0. The fourth-order valence-electron chi connectivity index (χ4n) is 2.76. The molecule has 1 aromatic carbocycles. The molecule has 94 valence electrons. The van der Waals surface area contributed by atoms with E-state index in [0.29, 0.717) is 0 Å². The van der Waals surface area contributed by atoms with Crippen molar-refractivity contribution >= 4 is 5.69 Å². The second-order valence-corrected chi connectivity index (χ2v) is 5.13. The van der Waals surface area contributed by atoms with Gasteiger partial charge in [-0.25, -0.2) is 0 Å². The van der Waals surface area contributed by atoms with Crippen LogP contribution in [0.2, 0.25) is 0 Å². The number of benzene rings is 1. The molecule has 2 rings (SSSR count). The highest BCUT2D eigenvalue weighted by Crippen LogP contribution is 2.29. The molecular weight excluding hydrogens is 210 g/mol. The van der Waals surface area contributed by atoms with E-state index in [1.54, 1.807) is 7.11 Å². The van der Waals surface area contributed by atoms with E-state index in [0.717, 1.165) is 23.8 Å². The van der Waals surface area contributed by atoms with Crippen LogP contribution in [0.15, 0.2) is 18.2 Å². The van der Waals surface area contributed by atoms with Gasteiger partial charge in [0.1, 0.15) is 5.75 Å². The highest BCUT2D eigenvalue weighted by molar-refractivity contribution is 5.51. The van der Waals surface area contributed by atoms with Gasteiger partial charge in [-0.05, 0) is 24.0 Å². The molecular formula is C15H23NO. The van der Waals surface area contributed by atoms with Crippen molar-refractivity contribution in [3.05, 3.63) is 23.8 Å². The summed E-state index contributed by atoms with van der Waals surface area (Å²) in [6, 6.07) is 6.08. The molecule has 0 aromatic heterocycles. The molecule has 0 spiro atoms. The predicted octanol–water partition coefficient (Wildman–Crippen LogP) is 3.79. The normalized spacial score (nSPS) is 17.7. The van der Waals surface area contributed by atoms with Gasteiger partial charge in [0.05, 0.1) is 7.11 Å². The van der Waals surface area contributed by atoms with Crippen molar-refractivity contribution in [2.75, 3.05) is 12.8 Å². The van der Waals surface area contributed by atoms with Gasteiger partial charge in [0.25, 0.3) is 0 Å². The fourth-order valence-corrected chi connectivity index (χ4v) is 2.76. The average Bonchev–Trinajstić information content (AvgIpc) is 2.60. The summed E-state index contributed by atoms with van der Waals surface area (Å²) in [4.78, 5) is 0. The van der Waals surface area contributed by atoms with Gasteiger partial charge in [-0.2, -0.15) is 0 Å². The Bertz CT molecular complexity index is 354. The number of nitrogens with two attached hydrogens (primary N) is 1. The Labute approximate surface area is 104 Å². The molecule has 0 saturated heterocycles. The minimum Gasteiger partial charge on any atom is -0.497 e. The highest BCUT2D eigenvalue weighted by Gasteiger charge is 2.14. The summed E-state index contributed by atoms with van der Waals surface area (Å²) in [7, 11) is 1.68. The second-order valence-electron chi connectivity index (χ2n) is 5.13. The molecule has 0 radical (unpaired) electrons. The van der Waals surface area contributed by atoms with Crippen LogP contribution < -0.4 is 10.5 Å². The summed E-state index contributed by atoms with van der Waals surface area (Å²) >= 11 is 0. The summed E-state index contributed by atoms with van der Waals surface area (Å²) in [5.74, 6) is 1.68. The number of hydrogen-bond donors (Lipinski definition) is 1. The maximum absolute atomic E-state index is 6.07. The molecule has 0 atom stereocenters. The first-order chi connectivity index (χ1) is 8.29. The zero-order valence-corrected chi connectivity index (χ0v) is 10.7. The van der Waals surface area contributed by atoms with Crippen LogP contribution in [0.5, 0.6) is 5.75 Å². The lowest BCUT2D eigenvalue weighted by Gasteiger charge is -2.15. The first-order valence-electron chi connectivity index (χ1n) is 6.72. The van der Waals surface area contributed by atoms with Gasteiger partial charge in [-0.3, -0.25) is 0 Å².